The molecule has 0 radical (unpaired) electrons. The number of hydrogen-bond acceptors (Lipinski definition) is 0. The number of pyridine rings is 1. The largest absolute Gasteiger partial charge is 0.192 e. The standard InChI is InChI=1S/C18H16N/c1-2-8-17-16-10-5-4-9-15(16)11-12-18(17)19-13-6-3-7-14-19/h1,3-7,9-10,13-14H,8,11-12H2/q+1. The van der Waals surface area contributed by atoms with Crippen molar-refractivity contribution in [2.24, 2.45) is 0 Å². The molecule has 2 aromatic rings. The minimum Gasteiger partial charge on any atom is -0.171 e. The highest BCUT2D eigenvalue weighted by Gasteiger charge is 2.24. The highest BCUT2D eigenvalue weighted by molar-refractivity contribution is 5.84. The molecule has 0 saturated heterocycles. The van der Waals surface area contributed by atoms with Gasteiger partial charge in [0.05, 0.1) is 0 Å². The molecule has 1 aromatic heterocycles. The molecule has 1 aliphatic carbocycles. The lowest BCUT2D eigenvalue weighted by Crippen LogP contribution is -2.33. The molecule has 0 amide bonds. The molecule has 3 rings (SSSR count). The summed E-state index contributed by atoms with van der Waals surface area (Å²) in [5, 5.41) is 0. The number of fused-ring (bicyclic) bond motifs is 1. The molecule has 0 aliphatic heterocycles. The Balaban J connectivity index is 2.18. The third-order valence-corrected chi connectivity index (χ3v) is 3.63. The van der Waals surface area contributed by atoms with Gasteiger partial charge in [0, 0.05) is 30.5 Å². The lowest BCUT2D eigenvalue weighted by molar-refractivity contribution is -0.583. The third kappa shape index (κ3) is 2.18. The normalized spacial score (nSPS) is 13.8. The second kappa shape index (κ2) is 5.12. The third-order valence-electron chi connectivity index (χ3n) is 3.63. The van der Waals surface area contributed by atoms with Gasteiger partial charge in [0.15, 0.2) is 18.1 Å². The fourth-order valence-electron chi connectivity index (χ4n) is 2.75. The van der Waals surface area contributed by atoms with Gasteiger partial charge in [-0.25, -0.2) is 0 Å². The molecule has 0 unspecified atom stereocenters. The van der Waals surface area contributed by atoms with Crippen LogP contribution in [0.2, 0.25) is 0 Å². The molecule has 92 valence electrons. The van der Waals surface area contributed by atoms with Crippen LogP contribution >= 0.6 is 0 Å². The van der Waals surface area contributed by atoms with E-state index in [1.165, 1.54) is 22.4 Å². The zero-order valence-electron chi connectivity index (χ0n) is 10.8. The molecule has 1 aliphatic rings. The van der Waals surface area contributed by atoms with Crippen LogP contribution in [0.5, 0.6) is 0 Å². The first-order valence-electron chi connectivity index (χ1n) is 6.60. The van der Waals surface area contributed by atoms with E-state index in [9.17, 15) is 0 Å². The van der Waals surface area contributed by atoms with Crippen LogP contribution in [0.15, 0.2) is 54.9 Å². The lowest BCUT2D eigenvalue weighted by Gasteiger charge is -2.18. The number of nitrogens with zero attached hydrogens (tertiary/aromatic N) is 1. The number of rotatable bonds is 2. The van der Waals surface area contributed by atoms with Crippen molar-refractivity contribution in [3.63, 3.8) is 0 Å². The molecule has 1 aromatic carbocycles. The average molecular weight is 246 g/mol. The molecule has 0 spiro atoms. The van der Waals surface area contributed by atoms with Gasteiger partial charge in [-0.15, -0.1) is 12.3 Å². The Morgan fingerprint density at radius 2 is 1.79 bits per heavy atom. The zero-order chi connectivity index (χ0) is 13.1. The van der Waals surface area contributed by atoms with Crippen molar-refractivity contribution in [3.8, 4) is 12.3 Å². The quantitative estimate of drug-likeness (QED) is 0.565. The maximum absolute atomic E-state index is 5.56. The topological polar surface area (TPSA) is 3.88 Å². The van der Waals surface area contributed by atoms with E-state index < -0.39 is 0 Å². The van der Waals surface area contributed by atoms with E-state index in [1.54, 1.807) is 0 Å². The summed E-state index contributed by atoms with van der Waals surface area (Å²) in [6.07, 6.45) is 12.6. The number of terminal acetylenes is 1. The first-order valence-corrected chi connectivity index (χ1v) is 6.60. The van der Waals surface area contributed by atoms with Crippen molar-refractivity contribution >= 4 is 11.3 Å². The summed E-state index contributed by atoms with van der Waals surface area (Å²) in [7, 11) is 0. The average Bonchev–Trinajstić information content (AvgIpc) is 2.49. The Morgan fingerprint density at radius 1 is 1.00 bits per heavy atom. The molecule has 19 heavy (non-hydrogen) atoms. The predicted octanol–water partition coefficient (Wildman–Crippen LogP) is 3.31. The van der Waals surface area contributed by atoms with Crippen LogP contribution in [0, 0.1) is 12.3 Å². The van der Waals surface area contributed by atoms with Gasteiger partial charge in [-0.2, -0.15) is 4.57 Å². The van der Waals surface area contributed by atoms with Gasteiger partial charge in [-0.3, -0.25) is 0 Å². The fraction of sp³-hybridized carbons (Fsp3) is 0.167. The van der Waals surface area contributed by atoms with Crippen LogP contribution in [-0.2, 0) is 6.42 Å². The second-order valence-corrected chi connectivity index (χ2v) is 4.75. The molecule has 1 heterocycles. The van der Waals surface area contributed by atoms with Crippen LogP contribution in [0.25, 0.3) is 11.3 Å². The van der Waals surface area contributed by atoms with Gasteiger partial charge in [-0.1, -0.05) is 30.3 Å². The predicted molar refractivity (Wildman–Crippen MR) is 78.0 cm³/mol. The van der Waals surface area contributed by atoms with Crippen molar-refractivity contribution in [1.82, 2.24) is 0 Å². The fourth-order valence-corrected chi connectivity index (χ4v) is 2.75. The van der Waals surface area contributed by atoms with Crippen molar-refractivity contribution < 1.29 is 4.57 Å². The molecule has 1 nitrogen and oxygen atoms in total. The number of aromatic nitrogens is 1. The van der Waals surface area contributed by atoms with Crippen LogP contribution in [0.3, 0.4) is 0 Å². The van der Waals surface area contributed by atoms with E-state index in [0.717, 1.165) is 12.8 Å². The van der Waals surface area contributed by atoms with Gasteiger partial charge >= 0.3 is 0 Å². The van der Waals surface area contributed by atoms with Gasteiger partial charge < -0.3 is 0 Å². The smallest absolute Gasteiger partial charge is 0.171 e. The number of hydrogen-bond donors (Lipinski definition) is 0. The maximum atomic E-state index is 5.56. The Kier molecular flexibility index (Phi) is 3.16. The molecule has 1 heteroatoms. The summed E-state index contributed by atoms with van der Waals surface area (Å²) in [6, 6.07) is 14.7. The Morgan fingerprint density at radius 3 is 2.58 bits per heavy atom. The van der Waals surface area contributed by atoms with Crippen LogP contribution in [0.4, 0.5) is 0 Å². The van der Waals surface area contributed by atoms with E-state index >= 15 is 0 Å². The van der Waals surface area contributed by atoms with E-state index in [1.807, 2.05) is 6.07 Å². The summed E-state index contributed by atoms with van der Waals surface area (Å²) in [5.41, 5.74) is 5.35. The Hall–Kier alpha value is -2.33. The van der Waals surface area contributed by atoms with Gasteiger partial charge in [0.2, 0.25) is 0 Å². The molecular weight excluding hydrogens is 230 g/mol. The van der Waals surface area contributed by atoms with Gasteiger partial charge in [0.1, 0.15) is 0 Å². The minimum absolute atomic E-state index is 0.689. The molecule has 0 saturated carbocycles. The van der Waals surface area contributed by atoms with E-state index in [-0.39, 0.29) is 0 Å². The van der Waals surface area contributed by atoms with E-state index in [0.29, 0.717) is 6.42 Å². The van der Waals surface area contributed by atoms with Gasteiger partial charge in [-0.05, 0) is 17.5 Å². The second-order valence-electron chi connectivity index (χ2n) is 4.75. The summed E-state index contributed by atoms with van der Waals surface area (Å²) in [5.74, 6) is 2.81. The van der Waals surface area contributed by atoms with Crippen LogP contribution in [0.1, 0.15) is 24.0 Å². The Bertz CT molecular complexity index is 660. The lowest BCUT2D eigenvalue weighted by atomic mass is 9.87. The first kappa shape index (κ1) is 11.7. The summed E-state index contributed by atoms with van der Waals surface area (Å²) in [4.78, 5) is 0. The molecule has 0 bridgehead atoms. The van der Waals surface area contributed by atoms with Crippen molar-refractivity contribution in [2.45, 2.75) is 19.3 Å². The number of allylic oxidation sites excluding steroid dienone is 2. The Labute approximate surface area is 114 Å². The maximum Gasteiger partial charge on any atom is 0.192 e. The van der Waals surface area contributed by atoms with Gasteiger partial charge in [0.25, 0.3) is 0 Å². The number of benzene rings is 1. The molecular formula is C18H16N+. The van der Waals surface area contributed by atoms with Crippen molar-refractivity contribution in [1.29, 1.82) is 0 Å². The van der Waals surface area contributed by atoms with Crippen molar-refractivity contribution in [2.75, 3.05) is 0 Å². The highest BCUT2D eigenvalue weighted by Crippen LogP contribution is 2.33. The SMILES string of the molecule is C#CCC1=C([n+]2ccccc2)CCc2ccccc21. The molecule has 0 fully saturated rings. The molecule has 0 N–H and O–H groups in total. The van der Waals surface area contributed by atoms with E-state index in [2.05, 4.69) is 59.3 Å². The summed E-state index contributed by atoms with van der Waals surface area (Å²) < 4.78 is 2.20. The highest BCUT2D eigenvalue weighted by atomic mass is 14.9. The number of aryl methyl sites for hydroxylation is 1. The van der Waals surface area contributed by atoms with Crippen LogP contribution in [-0.4, -0.2) is 0 Å². The summed E-state index contributed by atoms with van der Waals surface area (Å²) >= 11 is 0. The first-order chi connectivity index (χ1) is 9.40. The summed E-state index contributed by atoms with van der Waals surface area (Å²) in [6.45, 7) is 0. The minimum atomic E-state index is 0.689. The van der Waals surface area contributed by atoms with E-state index in [4.69, 9.17) is 6.42 Å². The zero-order valence-corrected chi connectivity index (χ0v) is 10.8. The van der Waals surface area contributed by atoms with Crippen LogP contribution < -0.4 is 4.57 Å². The monoisotopic (exact) mass is 246 g/mol. The molecule has 0 atom stereocenters. The van der Waals surface area contributed by atoms with Crippen molar-refractivity contribution in [3.05, 3.63) is 66.0 Å².